The molecule has 1 fully saturated rings. The summed E-state index contributed by atoms with van der Waals surface area (Å²) >= 11 is 0. The molecule has 1 aliphatic rings. The van der Waals surface area contributed by atoms with Crippen LogP contribution in [-0.4, -0.2) is 40.7 Å². The maximum atomic E-state index is 12.6. The van der Waals surface area contributed by atoms with Gasteiger partial charge in [0.2, 0.25) is 0 Å². The van der Waals surface area contributed by atoms with Gasteiger partial charge >= 0.3 is 0 Å². The van der Waals surface area contributed by atoms with Gasteiger partial charge in [-0.3, -0.25) is 14.3 Å². The van der Waals surface area contributed by atoms with E-state index in [0.717, 1.165) is 31.5 Å². The molecule has 0 aliphatic carbocycles. The summed E-state index contributed by atoms with van der Waals surface area (Å²) in [5.41, 5.74) is 2.36. The first kappa shape index (κ1) is 21.9. The molecule has 152 valence electrons. The number of anilines is 1. The van der Waals surface area contributed by atoms with E-state index in [1.54, 1.807) is 18.2 Å². The SMILES string of the molecule is Cc1ccc(NC(=O)c2ccn(C3CCCNC3)n2)cc1C(=O)NC(C)C.Cl. The number of benzene rings is 1. The van der Waals surface area contributed by atoms with Gasteiger partial charge in [-0.2, -0.15) is 5.10 Å². The second kappa shape index (κ2) is 9.71. The van der Waals surface area contributed by atoms with E-state index in [2.05, 4.69) is 21.0 Å². The van der Waals surface area contributed by atoms with E-state index in [0.29, 0.717) is 16.9 Å². The highest BCUT2D eigenvalue weighted by Gasteiger charge is 2.18. The Kier molecular flexibility index (Phi) is 7.60. The Morgan fingerprint density at radius 2 is 2.04 bits per heavy atom. The van der Waals surface area contributed by atoms with Crippen LogP contribution in [0.4, 0.5) is 5.69 Å². The monoisotopic (exact) mass is 405 g/mol. The summed E-state index contributed by atoms with van der Waals surface area (Å²) in [5.74, 6) is -0.427. The minimum Gasteiger partial charge on any atom is -0.350 e. The molecular weight excluding hydrogens is 378 g/mol. The van der Waals surface area contributed by atoms with Gasteiger partial charge in [-0.15, -0.1) is 12.4 Å². The summed E-state index contributed by atoms with van der Waals surface area (Å²) in [5, 5.41) is 13.5. The van der Waals surface area contributed by atoms with Crippen LogP contribution in [-0.2, 0) is 0 Å². The average molecular weight is 406 g/mol. The van der Waals surface area contributed by atoms with E-state index >= 15 is 0 Å². The van der Waals surface area contributed by atoms with Crippen LogP contribution in [0.5, 0.6) is 0 Å². The zero-order chi connectivity index (χ0) is 19.4. The summed E-state index contributed by atoms with van der Waals surface area (Å²) < 4.78 is 1.86. The molecule has 3 N–H and O–H groups in total. The molecular formula is C20H28ClN5O2. The standard InChI is InChI=1S/C20H27N5O2.ClH/c1-13(2)22-19(26)17-11-15(7-6-14(17)3)23-20(27)18-8-10-25(24-18)16-5-4-9-21-12-16;/h6-8,10-11,13,16,21H,4-5,9,12H2,1-3H3,(H,22,26)(H,23,27);1H. The van der Waals surface area contributed by atoms with Crippen molar-refractivity contribution in [3.8, 4) is 0 Å². The number of nitrogens with zero attached hydrogens (tertiary/aromatic N) is 2. The molecule has 0 spiro atoms. The topological polar surface area (TPSA) is 88.1 Å². The van der Waals surface area contributed by atoms with Crippen molar-refractivity contribution in [3.05, 3.63) is 47.3 Å². The van der Waals surface area contributed by atoms with E-state index < -0.39 is 0 Å². The fourth-order valence-electron chi connectivity index (χ4n) is 3.20. The zero-order valence-corrected chi connectivity index (χ0v) is 17.3. The smallest absolute Gasteiger partial charge is 0.276 e. The number of nitrogens with one attached hydrogen (secondary N) is 3. The molecule has 7 nitrogen and oxygen atoms in total. The van der Waals surface area contributed by atoms with Crippen LogP contribution in [0.15, 0.2) is 30.5 Å². The van der Waals surface area contributed by atoms with Crippen LogP contribution in [0.3, 0.4) is 0 Å². The first-order chi connectivity index (χ1) is 12.9. The summed E-state index contributed by atoms with van der Waals surface area (Å²) in [6.07, 6.45) is 4.02. The lowest BCUT2D eigenvalue weighted by atomic mass is 10.1. The minimum absolute atomic E-state index is 0. The number of carbonyl (C=O) groups excluding carboxylic acids is 2. The maximum absolute atomic E-state index is 12.6. The van der Waals surface area contributed by atoms with Gasteiger partial charge in [-0.25, -0.2) is 0 Å². The van der Waals surface area contributed by atoms with Crippen molar-refractivity contribution in [2.24, 2.45) is 0 Å². The van der Waals surface area contributed by atoms with E-state index in [-0.39, 0.29) is 36.3 Å². The summed E-state index contributed by atoms with van der Waals surface area (Å²) in [6, 6.07) is 7.38. The van der Waals surface area contributed by atoms with E-state index in [9.17, 15) is 9.59 Å². The highest BCUT2D eigenvalue weighted by atomic mass is 35.5. The van der Waals surface area contributed by atoms with Gasteiger partial charge < -0.3 is 16.0 Å². The lowest BCUT2D eigenvalue weighted by Gasteiger charge is -2.22. The third-order valence-electron chi connectivity index (χ3n) is 4.65. The van der Waals surface area contributed by atoms with E-state index in [1.165, 1.54) is 0 Å². The van der Waals surface area contributed by atoms with E-state index in [1.807, 2.05) is 37.7 Å². The fourth-order valence-corrected chi connectivity index (χ4v) is 3.20. The van der Waals surface area contributed by atoms with Crippen molar-refractivity contribution in [3.63, 3.8) is 0 Å². The second-order valence-electron chi connectivity index (χ2n) is 7.29. The number of hydrogen-bond donors (Lipinski definition) is 3. The van der Waals surface area contributed by atoms with Crippen molar-refractivity contribution in [2.75, 3.05) is 18.4 Å². The molecule has 8 heteroatoms. The van der Waals surface area contributed by atoms with Crippen molar-refractivity contribution >= 4 is 29.9 Å². The minimum atomic E-state index is -0.281. The first-order valence-corrected chi connectivity index (χ1v) is 9.43. The van der Waals surface area contributed by atoms with Gasteiger partial charge in [0.15, 0.2) is 5.69 Å². The van der Waals surface area contributed by atoms with Crippen LogP contribution in [0, 0.1) is 6.92 Å². The van der Waals surface area contributed by atoms with Gasteiger partial charge in [0.1, 0.15) is 0 Å². The molecule has 0 bridgehead atoms. The van der Waals surface area contributed by atoms with Gasteiger partial charge in [-0.1, -0.05) is 6.07 Å². The molecule has 0 radical (unpaired) electrons. The van der Waals surface area contributed by atoms with Crippen LogP contribution < -0.4 is 16.0 Å². The lowest BCUT2D eigenvalue weighted by Crippen LogP contribution is -2.32. The Morgan fingerprint density at radius 3 is 2.71 bits per heavy atom. The third kappa shape index (κ3) is 5.33. The molecule has 28 heavy (non-hydrogen) atoms. The quantitative estimate of drug-likeness (QED) is 0.713. The normalized spacial score (nSPS) is 16.4. The fraction of sp³-hybridized carbons (Fsp3) is 0.450. The number of piperidine rings is 1. The highest BCUT2D eigenvalue weighted by Crippen LogP contribution is 2.18. The predicted octanol–water partition coefficient (Wildman–Crippen LogP) is 2.93. The number of halogens is 1. The van der Waals surface area contributed by atoms with Gasteiger partial charge in [-0.05, 0) is 63.9 Å². The predicted molar refractivity (Wildman–Crippen MR) is 112 cm³/mol. The Hall–Kier alpha value is -2.38. The number of amides is 2. The Labute approximate surface area is 171 Å². The largest absolute Gasteiger partial charge is 0.350 e. The molecule has 3 rings (SSSR count). The molecule has 1 aliphatic heterocycles. The van der Waals surface area contributed by atoms with Crippen LogP contribution in [0.2, 0.25) is 0 Å². The van der Waals surface area contributed by atoms with Crippen molar-refractivity contribution in [1.82, 2.24) is 20.4 Å². The highest BCUT2D eigenvalue weighted by molar-refractivity contribution is 6.04. The van der Waals surface area contributed by atoms with Crippen LogP contribution >= 0.6 is 12.4 Å². The molecule has 2 aromatic rings. The molecule has 0 saturated carbocycles. The molecule has 1 aromatic carbocycles. The Morgan fingerprint density at radius 1 is 1.25 bits per heavy atom. The number of hydrogen-bond acceptors (Lipinski definition) is 4. The van der Waals surface area contributed by atoms with Crippen molar-refractivity contribution in [1.29, 1.82) is 0 Å². The molecule has 1 saturated heterocycles. The van der Waals surface area contributed by atoms with Crippen molar-refractivity contribution in [2.45, 2.75) is 45.7 Å². The lowest BCUT2D eigenvalue weighted by molar-refractivity contribution is 0.0941. The number of carbonyl (C=O) groups is 2. The molecule has 1 atom stereocenters. The molecule has 2 amide bonds. The van der Waals surface area contributed by atoms with Gasteiger partial charge in [0.05, 0.1) is 6.04 Å². The Bertz CT molecular complexity index is 828. The summed E-state index contributed by atoms with van der Waals surface area (Å²) in [4.78, 5) is 24.9. The number of aryl methyl sites for hydroxylation is 1. The molecule has 2 heterocycles. The molecule has 1 aromatic heterocycles. The van der Waals surface area contributed by atoms with E-state index in [4.69, 9.17) is 0 Å². The van der Waals surface area contributed by atoms with Crippen molar-refractivity contribution < 1.29 is 9.59 Å². The first-order valence-electron chi connectivity index (χ1n) is 9.43. The van der Waals surface area contributed by atoms with Gasteiger partial charge in [0, 0.05) is 30.0 Å². The zero-order valence-electron chi connectivity index (χ0n) is 16.5. The maximum Gasteiger partial charge on any atom is 0.276 e. The molecule has 1 unspecified atom stereocenters. The van der Waals surface area contributed by atoms with Crippen LogP contribution in [0.1, 0.15) is 59.1 Å². The second-order valence-corrected chi connectivity index (χ2v) is 7.29. The van der Waals surface area contributed by atoms with Gasteiger partial charge in [0.25, 0.3) is 11.8 Å². The summed E-state index contributed by atoms with van der Waals surface area (Å²) in [7, 11) is 0. The third-order valence-corrected chi connectivity index (χ3v) is 4.65. The van der Waals surface area contributed by atoms with Crippen LogP contribution in [0.25, 0.3) is 0 Å². The summed E-state index contributed by atoms with van der Waals surface area (Å²) in [6.45, 7) is 7.61. The Balaban J connectivity index is 0.00000280. The number of rotatable bonds is 5. The number of aromatic nitrogens is 2. The average Bonchev–Trinajstić information content (AvgIpc) is 3.14.